The Morgan fingerprint density at radius 3 is 2.79 bits per heavy atom. The standard InChI is InChI=1S/C21H31FN6/c1-16(2)15-28-12-9-24-20(28)14-25-21(23-3)26-18-7-10-27(11-8-18)19-6-4-5-17(22)13-19/h4-6,9,12-13,16,18H,7-8,10-11,14-15H2,1-3H3,(H2,23,25,26). The average molecular weight is 387 g/mol. The van der Waals surface area contributed by atoms with Crippen molar-refractivity contribution in [2.45, 2.75) is 45.8 Å². The number of benzene rings is 1. The molecule has 2 N–H and O–H groups in total. The molecule has 0 bridgehead atoms. The van der Waals surface area contributed by atoms with E-state index in [1.807, 2.05) is 18.5 Å². The predicted molar refractivity (Wildman–Crippen MR) is 112 cm³/mol. The molecular formula is C21H31FN6. The molecule has 28 heavy (non-hydrogen) atoms. The van der Waals surface area contributed by atoms with Crippen LogP contribution in [0.4, 0.5) is 10.1 Å². The van der Waals surface area contributed by atoms with Gasteiger partial charge in [0.25, 0.3) is 0 Å². The van der Waals surface area contributed by atoms with Gasteiger partial charge in [-0.05, 0) is 37.0 Å². The van der Waals surface area contributed by atoms with E-state index in [-0.39, 0.29) is 5.82 Å². The molecule has 0 amide bonds. The van der Waals surface area contributed by atoms with Crippen LogP contribution in [-0.2, 0) is 13.1 Å². The first-order valence-electron chi connectivity index (χ1n) is 10.0. The van der Waals surface area contributed by atoms with Gasteiger partial charge in [-0.2, -0.15) is 0 Å². The highest BCUT2D eigenvalue weighted by Crippen LogP contribution is 2.20. The van der Waals surface area contributed by atoms with Gasteiger partial charge in [-0.25, -0.2) is 9.37 Å². The Kier molecular flexibility index (Phi) is 6.90. The number of nitrogens with one attached hydrogen (secondary N) is 2. The van der Waals surface area contributed by atoms with Crippen LogP contribution in [0.3, 0.4) is 0 Å². The summed E-state index contributed by atoms with van der Waals surface area (Å²) >= 11 is 0. The normalized spacial score (nSPS) is 15.9. The van der Waals surface area contributed by atoms with Gasteiger partial charge in [0.15, 0.2) is 5.96 Å². The summed E-state index contributed by atoms with van der Waals surface area (Å²) in [5.74, 6) is 2.20. The largest absolute Gasteiger partial charge is 0.371 e. The molecule has 2 heterocycles. The van der Waals surface area contributed by atoms with Crippen molar-refractivity contribution in [2.75, 3.05) is 25.0 Å². The fourth-order valence-electron chi connectivity index (χ4n) is 3.57. The predicted octanol–water partition coefficient (Wildman–Crippen LogP) is 3.01. The number of guanidine groups is 1. The molecule has 1 fully saturated rings. The zero-order chi connectivity index (χ0) is 19.9. The first kappa shape index (κ1) is 20.2. The number of piperidine rings is 1. The Morgan fingerprint density at radius 1 is 1.32 bits per heavy atom. The Morgan fingerprint density at radius 2 is 2.11 bits per heavy atom. The van der Waals surface area contributed by atoms with E-state index in [0.717, 1.165) is 49.9 Å². The zero-order valence-electron chi connectivity index (χ0n) is 17.0. The third-order valence-electron chi connectivity index (χ3n) is 5.01. The van der Waals surface area contributed by atoms with Crippen LogP contribution < -0.4 is 15.5 Å². The zero-order valence-corrected chi connectivity index (χ0v) is 17.0. The van der Waals surface area contributed by atoms with E-state index in [9.17, 15) is 4.39 Å². The smallest absolute Gasteiger partial charge is 0.191 e. The van der Waals surface area contributed by atoms with Gasteiger partial charge in [0.2, 0.25) is 0 Å². The van der Waals surface area contributed by atoms with Crippen molar-refractivity contribution in [3.63, 3.8) is 0 Å². The molecule has 0 unspecified atom stereocenters. The minimum absolute atomic E-state index is 0.182. The van der Waals surface area contributed by atoms with Gasteiger partial charge >= 0.3 is 0 Å². The molecule has 1 aromatic heterocycles. The maximum Gasteiger partial charge on any atom is 0.191 e. The van der Waals surface area contributed by atoms with Gasteiger partial charge in [-0.15, -0.1) is 0 Å². The summed E-state index contributed by atoms with van der Waals surface area (Å²) in [7, 11) is 1.79. The Balaban J connectivity index is 1.48. The minimum Gasteiger partial charge on any atom is -0.371 e. The van der Waals surface area contributed by atoms with Crippen molar-refractivity contribution in [3.8, 4) is 0 Å². The molecule has 0 aliphatic carbocycles. The molecule has 1 aliphatic heterocycles. The van der Waals surface area contributed by atoms with Gasteiger partial charge in [-0.3, -0.25) is 4.99 Å². The van der Waals surface area contributed by atoms with Gasteiger partial charge in [0.1, 0.15) is 11.6 Å². The van der Waals surface area contributed by atoms with E-state index >= 15 is 0 Å². The third-order valence-corrected chi connectivity index (χ3v) is 5.01. The fourth-order valence-corrected chi connectivity index (χ4v) is 3.57. The molecule has 1 aliphatic rings. The molecule has 0 radical (unpaired) electrons. The van der Waals surface area contributed by atoms with Crippen LogP contribution in [0.1, 0.15) is 32.5 Å². The number of hydrogen-bond acceptors (Lipinski definition) is 3. The summed E-state index contributed by atoms with van der Waals surface area (Å²) in [6, 6.07) is 7.18. The molecule has 0 spiro atoms. The average Bonchev–Trinajstić information content (AvgIpc) is 3.12. The number of nitrogens with zero attached hydrogens (tertiary/aromatic N) is 4. The van der Waals surface area contributed by atoms with Crippen LogP contribution in [0.25, 0.3) is 0 Å². The van der Waals surface area contributed by atoms with E-state index in [1.54, 1.807) is 19.2 Å². The lowest BCUT2D eigenvalue weighted by atomic mass is 10.0. The molecule has 1 saturated heterocycles. The number of aromatic nitrogens is 2. The first-order valence-corrected chi connectivity index (χ1v) is 10.0. The summed E-state index contributed by atoms with van der Waals surface area (Å²) < 4.78 is 15.6. The van der Waals surface area contributed by atoms with Crippen molar-refractivity contribution < 1.29 is 4.39 Å². The van der Waals surface area contributed by atoms with E-state index in [0.29, 0.717) is 18.5 Å². The van der Waals surface area contributed by atoms with Crippen LogP contribution in [0, 0.1) is 11.7 Å². The molecule has 3 rings (SSSR count). The van der Waals surface area contributed by atoms with Crippen LogP contribution in [0.2, 0.25) is 0 Å². The summed E-state index contributed by atoms with van der Waals surface area (Å²) in [5, 5.41) is 6.89. The number of hydrogen-bond donors (Lipinski definition) is 2. The molecular weight excluding hydrogens is 355 g/mol. The number of anilines is 1. The number of aliphatic imine (C=N–C) groups is 1. The van der Waals surface area contributed by atoms with Crippen molar-refractivity contribution >= 4 is 11.6 Å². The van der Waals surface area contributed by atoms with E-state index < -0.39 is 0 Å². The van der Waals surface area contributed by atoms with E-state index in [4.69, 9.17) is 0 Å². The van der Waals surface area contributed by atoms with Crippen LogP contribution >= 0.6 is 0 Å². The SMILES string of the molecule is CN=C(NCc1nccn1CC(C)C)NC1CCN(c2cccc(F)c2)CC1. The van der Waals surface area contributed by atoms with E-state index in [1.165, 1.54) is 6.07 Å². The van der Waals surface area contributed by atoms with Gasteiger partial charge in [0.05, 0.1) is 6.54 Å². The quantitative estimate of drug-likeness (QED) is 0.592. The summed E-state index contributed by atoms with van der Waals surface area (Å²) in [5.41, 5.74) is 0.956. The van der Waals surface area contributed by atoms with Crippen molar-refractivity contribution in [1.29, 1.82) is 0 Å². The molecule has 7 heteroatoms. The minimum atomic E-state index is -0.182. The molecule has 152 valence electrons. The number of halogens is 1. The van der Waals surface area contributed by atoms with Crippen LogP contribution in [-0.4, -0.2) is 41.7 Å². The highest BCUT2D eigenvalue weighted by molar-refractivity contribution is 5.79. The monoisotopic (exact) mass is 386 g/mol. The molecule has 2 aromatic rings. The topological polar surface area (TPSA) is 57.5 Å². The van der Waals surface area contributed by atoms with Crippen molar-refractivity contribution in [1.82, 2.24) is 20.2 Å². The third kappa shape index (κ3) is 5.47. The second-order valence-electron chi connectivity index (χ2n) is 7.70. The van der Waals surface area contributed by atoms with Crippen LogP contribution in [0.5, 0.6) is 0 Å². The molecule has 1 aromatic carbocycles. The Hall–Kier alpha value is -2.57. The highest BCUT2D eigenvalue weighted by Gasteiger charge is 2.20. The second kappa shape index (κ2) is 9.57. The second-order valence-corrected chi connectivity index (χ2v) is 7.70. The van der Waals surface area contributed by atoms with Crippen LogP contribution in [0.15, 0.2) is 41.7 Å². The lowest BCUT2D eigenvalue weighted by molar-refractivity contribution is 0.459. The molecule has 6 nitrogen and oxygen atoms in total. The first-order chi connectivity index (χ1) is 13.5. The van der Waals surface area contributed by atoms with Crippen molar-refractivity contribution in [3.05, 3.63) is 48.3 Å². The summed E-state index contributed by atoms with van der Waals surface area (Å²) in [6.07, 6.45) is 5.84. The van der Waals surface area contributed by atoms with Crippen molar-refractivity contribution in [2.24, 2.45) is 10.9 Å². The summed E-state index contributed by atoms with van der Waals surface area (Å²) in [4.78, 5) is 11.0. The molecule has 0 saturated carbocycles. The Labute approximate surface area is 166 Å². The lowest BCUT2D eigenvalue weighted by Gasteiger charge is -2.34. The fraction of sp³-hybridized carbons (Fsp3) is 0.524. The maximum absolute atomic E-state index is 13.4. The Bertz CT molecular complexity index is 777. The van der Waals surface area contributed by atoms with Gasteiger partial charge in [-0.1, -0.05) is 19.9 Å². The van der Waals surface area contributed by atoms with E-state index in [2.05, 4.69) is 43.9 Å². The van der Waals surface area contributed by atoms with Gasteiger partial charge in [0, 0.05) is 50.8 Å². The van der Waals surface area contributed by atoms with Gasteiger partial charge < -0.3 is 20.1 Å². The number of imidazole rings is 1. The maximum atomic E-state index is 13.4. The summed E-state index contributed by atoms with van der Waals surface area (Å²) in [6.45, 7) is 7.80. The lowest BCUT2D eigenvalue weighted by Crippen LogP contribution is -2.48. The molecule has 0 atom stereocenters. The number of rotatable bonds is 6. The highest BCUT2D eigenvalue weighted by atomic mass is 19.1.